The average Bonchev–Trinajstić information content (AvgIpc) is 2.17. The van der Waals surface area contributed by atoms with Gasteiger partial charge in [0.2, 0.25) is 6.41 Å². The summed E-state index contributed by atoms with van der Waals surface area (Å²) in [5.41, 5.74) is 0.764. The van der Waals surface area contributed by atoms with Gasteiger partial charge in [0.25, 0.3) is 0 Å². The van der Waals surface area contributed by atoms with Gasteiger partial charge in [0.05, 0.1) is 0 Å². The van der Waals surface area contributed by atoms with Crippen LogP contribution in [0.15, 0.2) is 30.3 Å². The molecule has 6 heteroatoms. The summed E-state index contributed by atoms with van der Waals surface area (Å²) in [4.78, 5) is 28.1. The van der Waals surface area contributed by atoms with Crippen LogP contribution < -0.4 is 5.32 Å². The van der Waals surface area contributed by atoms with Gasteiger partial charge in [0.15, 0.2) is 0 Å². The Bertz CT molecular complexity index is 362. The summed E-state index contributed by atoms with van der Waals surface area (Å²) in [6.45, 7) is 0. The standard InChI is InChI=1S/C9H12NO4P/c11-7-10-9(15(12,13)14)6-8-4-2-1-3-5-8/h1-5,7,9H,6H2,(H,10,11)(H2,12,13,14)/t9-/m1/s1. The van der Waals surface area contributed by atoms with Gasteiger partial charge in [-0.1, -0.05) is 30.3 Å². The zero-order chi connectivity index (χ0) is 11.3. The molecule has 15 heavy (non-hydrogen) atoms. The Morgan fingerprint density at radius 3 is 2.40 bits per heavy atom. The van der Waals surface area contributed by atoms with Gasteiger partial charge in [-0.25, -0.2) is 0 Å². The monoisotopic (exact) mass is 229 g/mol. The Kier molecular flexibility index (Phi) is 4.03. The molecule has 0 bridgehead atoms. The molecule has 0 saturated heterocycles. The van der Waals surface area contributed by atoms with Crippen molar-refractivity contribution in [2.24, 2.45) is 0 Å². The van der Waals surface area contributed by atoms with E-state index in [1.165, 1.54) is 0 Å². The van der Waals surface area contributed by atoms with Crippen LogP contribution in [0.1, 0.15) is 5.56 Å². The van der Waals surface area contributed by atoms with E-state index in [9.17, 15) is 9.36 Å². The summed E-state index contributed by atoms with van der Waals surface area (Å²) in [5.74, 6) is -1.16. The SMILES string of the molecule is O=CN[C@@H](Cc1ccccc1)P(=O)(O)O. The van der Waals surface area contributed by atoms with Crippen LogP contribution in [0.2, 0.25) is 0 Å². The van der Waals surface area contributed by atoms with Crippen LogP contribution in [0.4, 0.5) is 0 Å². The third-order valence-corrected chi connectivity index (χ3v) is 3.08. The van der Waals surface area contributed by atoms with Gasteiger partial charge in [0, 0.05) is 6.42 Å². The highest BCUT2D eigenvalue weighted by atomic mass is 31.2. The van der Waals surface area contributed by atoms with Crippen molar-refractivity contribution >= 4 is 14.0 Å². The van der Waals surface area contributed by atoms with E-state index in [-0.39, 0.29) is 6.42 Å². The van der Waals surface area contributed by atoms with Crippen LogP contribution in [0.3, 0.4) is 0 Å². The van der Waals surface area contributed by atoms with Crippen LogP contribution in [0.5, 0.6) is 0 Å². The molecular formula is C9H12NO4P. The summed E-state index contributed by atoms with van der Waals surface area (Å²) in [7, 11) is -4.30. The number of amides is 1. The number of hydrogen-bond acceptors (Lipinski definition) is 2. The predicted octanol–water partition coefficient (Wildman–Crippen LogP) is 0.479. The van der Waals surface area contributed by atoms with E-state index >= 15 is 0 Å². The maximum atomic E-state index is 11.0. The van der Waals surface area contributed by atoms with Crippen molar-refractivity contribution in [3.05, 3.63) is 35.9 Å². The molecule has 0 aromatic heterocycles. The van der Waals surface area contributed by atoms with E-state index < -0.39 is 13.4 Å². The highest BCUT2D eigenvalue weighted by molar-refractivity contribution is 7.52. The molecule has 1 atom stereocenters. The Morgan fingerprint density at radius 1 is 1.33 bits per heavy atom. The second-order valence-electron chi connectivity index (χ2n) is 3.08. The summed E-state index contributed by atoms with van der Waals surface area (Å²) < 4.78 is 11.0. The molecule has 1 aromatic carbocycles. The van der Waals surface area contributed by atoms with Crippen molar-refractivity contribution < 1.29 is 19.1 Å². The molecular weight excluding hydrogens is 217 g/mol. The van der Waals surface area contributed by atoms with Gasteiger partial charge in [0.1, 0.15) is 5.78 Å². The molecule has 1 rings (SSSR count). The van der Waals surface area contributed by atoms with Crippen LogP contribution in [-0.2, 0) is 15.8 Å². The molecule has 0 aliphatic carbocycles. The van der Waals surface area contributed by atoms with Gasteiger partial charge in [-0.3, -0.25) is 9.36 Å². The Hall–Kier alpha value is -1.16. The molecule has 82 valence electrons. The number of benzene rings is 1. The van der Waals surface area contributed by atoms with Gasteiger partial charge in [-0.05, 0) is 5.56 Å². The number of nitrogens with one attached hydrogen (secondary N) is 1. The van der Waals surface area contributed by atoms with E-state index in [0.29, 0.717) is 6.41 Å². The van der Waals surface area contributed by atoms with Crippen molar-refractivity contribution in [1.82, 2.24) is 5.32 Å². The van der Waals surface area contributed by atoms with E-state index in [1.807, 2.05) is 6.07 Å². The third-order valence-electron chi connectivity index (χ3n) is 1.94. The molecule has 0 unspecified atom stereocenters. The maximum Gasteiger partial charge on any atom is 0.347 e. The van der Waals surface area contributed by atoms with Crippen LogP contribution in [0, 0.1) is 0 Å². The van der Waals surface area contributed by atoms with Gasteiger partial charge < -0.3 is 15.1 Å². The molecule has 1 aromatic rings. The number of rotatable bonds is 5. The molecule has 5 nitrogen and oxygen atoms in total. The van der Waals surface area contributed by atoms with Crippen molar-refractivity contribution in [2.75, 3.05) is 0 Å². The van der Waals surface area contributed by atoms with Crippen molar-refractivity contribution in [1.29, 1.82) is 0 Å². The summed E-state index contributed by atoms with van der Waals surface area (Å²) in [6.07, 6.45) is 0.413. The fourth-order valence-corrected chi connectivity index (χ4v) is 1.89. The van der Waals surface area contributed by atoms with Gasteiger partial charge in [-0.15, -0.1) is 0 Å². The number of hydrogen-bond donors (Lipinski definition) is 3. The lowest BCUT2D eigenvalue weighted by molar-refractivity contribution is -0.109. The number of carbonyl (C=O) groups is 1. The summed E-state index contributed by atoms with van der Waals surface area (Å²) in [5, 5.41) is 2.13. The molecule has 0 fully saturated rings. The lowest BCUT2D eigenvalue weighted by Gasteiger charge is -2.17. The lowest BCUT2D eigenvalue weighted by atomic mass is 10.1. The molecule has 0 radical (unpaired) electrons. The molecule has 0 aliphatic rings. The predicted molar refractivity (Wildman–Crippen MR) is 55.2 cm³/mol. The first-order valence-electron chi connectivity index (χ1n) is 4.33. The Morgan fingerprint density at radius 2 is 1.93 bits per heavy atom. The zero-order valence-corrected chi connectivity index (χ0v) is 8.80. The number of carbonyl (C=O) groups excluding carboxylic acids is 1. The fraction of sp³-hybridized carbons (Fsp3) is 0.222. The smallest absolute Gasteiger partial charge is 0.344 e. The molecule has 0 spiro atoms. The maximum absolute atomic E-state index is 11.0. The first kappa shape index (κ1) is 11.9. The molecule has 0 aliphatic heterocycles. The highest BCUT2D eigenvalue weighted by Crippen LogP contribution is 2.40. The quantitative estimate of drug-likeness (QED) is 0.506. The fourth-order valence-electron chi connectivity index (χ4n) is 1.19. The van der Waals surface area contributed by atoms with E-state index in [1.54, 1.807) is 24.3 Å². The van der Waals surface area contributed by atoms with Crippen molar-refractivity contribution in [3.8, 4) is 0 Å². The lowest BCUT2D eigenvalue weighted by Crippen LogP contribution is -2.29. The largest absolute Gasteiger partial charge is 0.347 e. The van der Waals surface area contributed by atoms with E-state index in [4.69, 9.17) is 9.79 Å². The molecule has 3 N–H and O–H groups in total. The topological polar surface area (TPSA) is 86.6 Å². The summed E-state index contributed by atoms with van der Waals surface area (Å²) >= 11 is 0. The molecule has 0 heterocycles. The normalized spacial score (nSPS) is 13.2. The Labute approximate surface area is 87.3 Å². The second-order valence-corrected chi connectivity index (χ2v) is 4.88. The first-order chi connectivity index (χ1) is 7.04. The van der Waals surface area contributed by atoms with Crippen molar-refractivity contribution in [3.63, 3.8) is 0 Å². The molecule has 1 amide bonds. The van der Waals surface area contributed by atoms with Gasteiger partial charge >= 0.3 is 7.60 Å². The minimum absolute atomic E-state index is 0.115. The van der Waals surface area contributed by atoms with E-state index in [2.05, 4.69) is 5.32 Å². The van der Waals surface area contributed by atoms with Crippen LogP contribution in [0.25, 0.3) is 0 Å². The van der Waals surface area contributed by atoms with Crippen LogP contribution in [-0.4, -0.2) is 22.0 Å². The Balaban J connectivity index is 2.76. The highest BCUT2D eigenvalue weighted by Gasteiger charge is 2.28. The third kappa shape index (κ3) is 3.83. The summed E-state index contributed by atoms with van der Waals surface area (Å²) in [6, 6.07) is 8.84. The second kappa shape index (κ2) is 5.07. The van der Waals surface area contributed by atoms with Crippen LogP contribution >= 0.6 is 7.60 Å². The van der Waals surface area contributed by atoms with E-state index in [0.717, 1.165) is 5.56 Å². The minimum Gasteiger partial charge on any atom is -0.344 e. The van der Waals surface area contributed by atoms with Gasteiger partial charge in [-0.2, -0.15) is 0 Å². The van der Waals surface area contributed by atoms with Crippen molar-refractivity contribution in [2.45, 2.75) is 12.2 Å². The average molecular weight is 229 g/mol. The molecule has 0 saturated carbocycles. The minimum atomic E-state index is -4.30. The zero-order valence-electron chi connectivity index (χ0n) is 7.91. The first-order valence-corrected chi connectivity index (χ1v) is 6.01.